The summed E-state index contributed by atoms with van der Waals surface area (Å²) >= 11 is 0. The Kier molecular flexibility index (Phi) is 4.12. The third-order valence-electron chi connectivity index (χ3n) is 2.58. The lowest BCUT2D eigenvalue weighted by Crippen LogP contribution is -2.09. The summed E-state index contributed by atoms with van der Waals surface area (Å²) in [6, 6.07) is 3.38. The van der Waals surface area contributed by atoms with Crippen molar-refractivity contribution in [3.63, 3.8) is 0 Å². The van der Waals surface area contributed by atoms with Crippen LogP contribution in [-0.2, 0) is 6.54 Å². The van der Waals surface area contributed by atoms with Crippen LogP contribution in [0.5, 0.6) is 5.75 Å². The maximum Gasteiger partial charge on any atom is 0.358 e. The minimum absolute atomic E-state index is 0.0392. The van der Waals surface area contributed by atoms with E-state index in [2.05, 4.69) is 9.97 Å². The van der Waals surface area contributed by atoms with Crippen LogP contribution in [0.4, 0.5) is 0 Å². The standard InChI is InChI=1S/C13H15N3O3/c1-10-3-4-11(12(15-10)13(17)18)19-8-2-6-16-7-5-14-9-16/h3-5,7,9H,2,6,8H2,1H3,(H,17,18). The number of rotatable bonds is 6. The molecule has 1 N–H and O–H groups in total. The van der Waals surface area contributed by atoms with Gasteiger partial charge in [-0.25, -0.2) is 14.8 Å². The number of hydrogen-bond donors (Lipinski definition) is 1. The molecule has 0 aliphatic carbocycles. The molecule has 2 rings (SSSR count). The molecule has 2 aromatic rings. The van der Waals surface area contributed by atoms with Gasteiger partial charge in [0.2, 0.25) is 0 Å². The molecule has 0 saturated heterocycles. The molecule has 19 heavy (non-hydrogen) atoms. The van der Waals surface area contributed by atoms with Crippen molar-refractivity contribution in [3.05, 3.63) is 42.2 Å². The van der Waals surface area contributed by atoms with E-state index in [-0.39, 0.29) is 5.69 Å². The van der Waals surface area contributed by atoms with Crippen molar-refractivity contribution in [1.29, 1.82) is 0 Å². The third-order valence-corrected chi connectivity index (χ3v) is 2.58. The van der Waals surface area contributed by atoms with Gasteiger partial charge in [0.15, 0.2) is 11.4 Å². The summed E-state index contributed by atoms with van der Waals surface area (Å²) in [4.78, 5) is 18.9. The van der Waals surface area contributed by atoms with Crippen LogP contribution in [-0.4, -0.2) is 32.2 Å². The average Bonchev–Trinajstić information content (AvgIpc) is 2.89. The van der Waals surface area contributed by atoms with Crippen molar-refractivity contribution >= 4 is 5.97 Å². The molecule has 0 unspecified atom stereocenters. The molecule has 0 fully saturated rings. The van der Waals surface area contributed by atoms with Gasteiger partial charge in [-0.2, -0.15) is 0 Å². The fraction of sp³-hybridized carbons (Fsp3) is 0.308. The molecule has 2 aromatic heterocycles. The van der Waals surface area contributed by atoms with Gasteiger partial charge >= 0.3 is 5.97 Å². The highest BCUT2D eigenvalue weighted by Crippen LogP contribution is 2.17. The number of carboxylic acid groups (broad SMARTS) is 1. The van der Waals surface area contributed by atoms with Crippen molar-refractivity contribution in [1.82, 2.24) is 14.5 Å². The van der Waals surface area contributed by atoms with Crippen LogP contribution in [0, 0.1) is 6.92 Å². The Bertz CT molecular complexity index is 552. The molecule has 0 aliphatic rings. The first-order chi connectivity index (χ1) is 9.16. The fourth-order valence-electron chi connectivity index (χ4n) is 1.66. The average molecular weight is 261 g/mol. The van der Waals surface area contributed by atoms with Gasteiger partial charge in [-0.15, -0.1) is 0 Å². The summed E-state index contributed by atoms with van der Waals surface area (Å²) in [5.41, 5.74) is 0.616. The summed E-state index contributed by atoms with van der Waals surface area (Å²) in [6.45, 7) is 2.96. The minimum Gasteiger partial charge on any atom is -0.491 e. The van der Waals surface area contributed by atoms with Crippen molar-refractivity contribution in [2.75, 3.05) is 6.61 Å². The van der Waals surface area contributed by atoms with Crippen molar-refractivity contribution in [3.8, 4) is 5.75 Å². The number of nitrogens with zero attached hydrogens (tertiary/aromatic N) is 3. The van der Waals surface area contributed by atoms with Gasteiger partial charge in [0.25, 0.3) is 0 Å². The second-order valence-electron chi connectivity index (χ2n) is 4.11. The highest BCUT2D eigenvalue weighted by Gasteiger charge is 2.13. The van der Waals surface area contributed by atoms with Crippen molar-refractivity contribution < 1.29 is 14.6 Å². The Morgan fingerprint density at radius 1 is 1.47 bits per heavy atom. The molecule has 0 bridgehead atoms. The van der Waals surface area contributed by atoms with E-state index in [1.165, 1.54) is 0 Å². The maximum atomic E-state index is 11.0. The Morgan fingerprint density at radius 3 is 3.00 bits per heavy atom. The van der Waals surface area contributed by atoms with E-state index in [4.69, 9.17) is 9.84 Å². The number of aromatic nitrogens is 3. The topological polar surface area (TPSA) is 77.2 Å². The van der Waals surface area contributed by atoms with Crippen LogP contribution >= 0.6 is 0 Å². The largest absolute Gasteiger partial charge is 0.491 e. The van der Waals surface area contributed by atoms with E-state index >= 15 is 0 Å². The van der Waals surface area contributed by atoms with Crippen LogP contribution in [0.15, 0.2) is 30.9 Å². The quantitative estimate of drug-likeness (QED) is 0.802. The second-order valence-corrected chi connectivity index (χ2v) is 4.11. The molecule has 6 heteroatoms. The number of aromatic carboxylic acids is 1. The molecular formula is C13H15N3O3. The Hall–Kier alpha value is -2.37. The van der Waals surface area contributed by atoms with Crippen molar-refractivity contribution in [2.24, 2.45) is 0 Å². The van der Waals surface area contributed by atoms with E-state index in [1.54, 1.807) is 31.6 Å². The highest BCUT2D eigenvalue weighted by molar-refractivity contribution is 5.88. The lowest BCUT2D eigenvalue weighted by atomic mass is 10.3. The molecule has 0 saturated carbocycles. The van der Waals surface area contributed by atoms with E-state index in [9.17, 15) is 4.79 Å². The molecule has 0 aliphatic heterocycles. The zero-order valence-electron chi connectivity index (χ0n) is 10.6. The number of hydrogen-bond acceptors (Lipinski definition) is 4. The zero-order chi connectivity index (χ0) is 13.7. The normalized spacial score (nSPS) is 10.4. The van der Waals surface area contributed by atoms with E-state index in [1.807, 2.05) is 10.8 Å². The molecular weight excluding hydrogens is 246 g/mol. The summed E-state index contributed by atoms with van der Waals surface area (Å²) < 4.78 is 7.41. The summed E-state index contributed by atoms with van der Waals surface area (Å²) in [7, 11) is 0. The first-order valence-electron chi connectivity index (χ1n) is 5.96. The summed E-state index contributed by atoms with van der Waals surface area (Å²) in [5, 5.41) is 9.04. The maximum absolute atomic E-state index is 11.0. The van der Waals surface area contributed by atoms with Gasteiger partial charge in [-0.1, -0.05) is 0 Å². The van der Waals surface area contributed by atoms with Crippen LogP contribution < -0.4 is 4.74 Å². The van der Waals surface area contributed by atoms with Crippen LogP contribution in [0.1, 0.15) is 22.6 Å². The third kappa shape index (κ3) is 3.54. The molecule has 100 valence electrons. The van der Waals surface area contributed by atoms with Crippen LogP contribution in [0.25, 0.3) is 0 Å². The lowest BCUT2D eigenvalue weighted by molar-refractivity contribution is 0.0685. The van der Waals surface area contributed by atoms with Gasteiger partial charge in [-0.05, 0) is 25.5 Å². The molecule has 0 amide bonds. The number of ether oxygens (including phenoxy) is 1. The predicted octanol–water partition coefficient (Wildman–Crippen LogP) is 1.75. The smallest absolute Gasteiger partial charge is 0.358 e. The molecule has 0 aromatic carbocycles. The van der Waals surface area contributed by atoms with Gasteiger partial charge in [-0.3, -0.25) is 0 Å². The molecule has 6 nitrogen and oxygen atoms in total. The Balaban J connectivity index is 1.90. The molecule has 0 radical (unpaired) electrons. The minimum atomic E-state index is -1.08. The number of carboxylic acids is 1. The number of carbonyl (C=O) groups is 1. The van der Waals surface area contributed by atoms with Gasteiger partial charge in [0.1, 0.15) is 0 Å². The van der Waals surface area contributed by atoms with Crippen molar-refractivity contribution in [2.45, 2.75) is 19.9 Å². The summed E-state index contributed by atoms with van der Waals surface area (Å²) in [6.07, 6.45) is 6.09. The fourth-order valence-corrected chi connectivity index (χ4v) is 1.66. The highest BCUT2D eigenvalue weighted by atomic mass is 16.5. The van der Waals surface area contributed by atoms with E-state index in [0.717, 1.165) is 13.0 Å². The van der Waals surface area contributed by atoms with Gasteiger partial charge < -0.3 is 14.4 Å². The first kappa shape index (κ1) is 13.1. The SMILES string of the molecule is Cc1ccc(OCCCn2ccnc2)c(C(=O)O)n1. The molecule has 0 atom stereocenters. The zero-order valence-corrected chi connectivity index (χ0v) is 10.6. The summed E-state index contributed by atoms with van der Waals surface area (Å²) in [5.74, 6) is -0.767. The molecule has 0 spiro atoms. The molecule has 2 heterocycles. The first-order valence-corrected chi connectivity index (χ1v) is 5.96. The van der Waals surface area contributed by atoms with Crippen LogP contribution in [0.2, 0.25) is 0 Å². The van der Waals surface area contributed by atoms with Gasteiger partial charge in [0, 0.05) is 24.6 Å². The second kappa shape index (κ2) is 5.99. The number of imidazole rings is 1. The lowest BCUT2D eigenvalue weighted by Gasteiger charge is -2.09. The van der Waals surface area contributed by atoms with E-state index in [0.29, 0.717) is 18.1 Å². The number of aryl methyl sites for hydroxylation is 2. The predicted molar refractivity (Wildman–Crippen MR) is 68.3 cm³/mol. The number of pyridine rings is 1. The van der Waals surface area contributed by atoms with Crippen LogP contribution in [0.3, 0.4) is 0 Å². The van der Waals surface area contributed by atoms with E-state index < -0.39 is 5.97 Å². The monoisotopic (exact) mass is 261 g/mol. The van der Waals surface area contributed by atoms with Gasteiger partial charge in [0.05, 0.1) is 12.9 Å². The Morgan fingerprint density at radius 2 is 2.32 bits per heavy atom. The Labute approximate surface area is 110 Å².